The van der Waals surface area contributed by atoms with Gasteiger partial charge in [0, 0.05) is 10.7 Å². The molecule has 1 amide bonds. The number of anilines is 1. The van der Waals surface area contributed by atoms with E-state index in [1.165, 1.54) is 12.1 Å². The molecule has 2 aromatic rings. The van der Waals surface area contributed by atoms with Gasteiger partial charge in [-0.3, -0.25) is 9.48 Å². The molecule has 1 atom stereocenters. The number of phenols is 1. The summed E-state index contributed by atoms with van der Waals surface area (Å²) in [6, 6.07) is 4.52. The number of halogens is 2. The molecule has 1 aromatic heterocycles. The van der Waals surface area contributed by atoms with E-state index in [0.717, 1.165) is 15.9 Å². The fraction of sp³-hybridized carbons (Fsp3) is 0.333. The van der Waals surface area contributed by atoms with Crippen molar-refractivity contribution in [2.24, 2.45) is 5.92 Å². The molecule has 0 radical (unpaired) electrons. The predicted octanol–water partition coefficient (Wildman–Crippen LogP) is 3.90. The number of hydrogen-bond acceptors (Lipinski definition) is 3. The third kappa shape index (κ3) is 3.62. The van der Waals surface area contributed by atoms with Gasteiger partial charge < -0.3 is 10.4 Å². The van der Waals surface area contributed by atoms with Gasteiger partial charge in [-0.1, -0.05) is 18.5 Å². The first-order valence-electron chi connectivity index (χ1n) is 6.78. The highest BCUT2D eigenvalue weighted by Gasteiger charge is 2.18. The van der Waals surface area contributed by atoms with Crippen LogP contribution in [-0.4, -0.2) is 20.8 Å². The fourth-order valence-electron chi connectivity index (χ4n) is 2.06. The Morgan fingerprint density at radius 2 is 2.18 bits per heavy atom. The molecular formula is C15H17BrClN3O2. The van der Waals surface area contributed by atoms with E-state index in [0.29, 0.717) is 17.3 Å². The van der Waals surface area contributed by atoms with Crippen molar-refractivity contribution in [2.75, 3.05) is 5.32 Å². The van der Waals surface area contributed by atoms with Crippen LogP contribution < -0.4 is 5.32 Å². The number of nitrogens with zero attached hydrogens (tertiary/aromatic N) is 2. The number of carbonyl (C=O) groups is 1. The smallest absolute Gasteiger partial charge is 0.229 e. The van der Waals surface area contributed by atoms with E-state index in [9.17, 15) is 9.90 Å². The van der Waals surface area contributed by atoms with Gasteiger partial charge in [-0.15, -0.1) is 0 Å². The van der Waals surface area contributed by atoms with Crippen LogP contribution >= 0.6 is 27.5 Å². The summed E-state index contributed by atoms with van der Waals surface area (Å²) in [6.45, 7) is 6.10. The number of nitrogens with one attached hydrogen (secondary N) is 1. The predicted molar refractivity (Wildman–Crippen MR) is 90.3 cm³/mol. The van der Waals surface area contributed by atoms with Crippen molar-refractivity contribution in [2.45, 2.75) is 27.3 Å². The van der Waals surface area contributed by atoms with E-state index >= 15 is 0 Å². The molecule has 0 aliphatic rings. The Balaban J connectivity index is 2.09. The van der Waals surface area contributed by atoms with Gasteiger partial charge in [0.15, 0.2) is 0 Å². The van der Waals surface area contributed by atoms with Crippen molar-refractivity contribution >= 4 is 39.1 Å². The number of amides is 1. The molecule has 0 spiro atoms. The summed E-state index contributed by atoms with van der Waals surface area (Å²) in [5.41, 5.74) is 2.17. The fourth-order valence-corrected chi connectivity index (χ4v) is 2.52. The highest BCUT2D eigenvalue weighted by atomic mass is 79.9. The normalized spacial score (nSPS) is 12.2. The Labute approximate surface area is 142 Å². The van der Waals surface area contributed by atoms with Crippen molar-refractivity contribution < 1.29 is 9.90 Å². The van der Waals surface area contributed by atoms with E-state index < -0.39 is 0 Å². The molecule has 0 saturated carbocycles. The Morgan fingerprint density at radius 1 is 1.50 bits per heavy atom. The van der Waals surface area contributed by atoms with Gasteiger partial charge in [-0.2, -0.15) is 5.10 Å². The number of phenolic OH excluding ortho intramolecular Hbond substituents is 1. The van der Waals surface area contributed by atoms with Gasteiger partial charge >= 0.3 is 0 Å². The molecule has 0 aliphatic heterocycles. The quantitative estimate of drug-likeness (QED) is 0.783. The average Bonchev–Trinajstić information content (AvgIpc) is 2.70. The lowest BCUT2D eigenvalue weighted by Gasteiger charge is -2.14. The molecule has 0 bridgehead atoms. The van der Waals surface area contributed by atoms with Gasteiger partial charge in [-0.05, 0) is 48.0 Å². The zero-order chi connectivity index (χ0) is 16.4. The average molecular weight is 387 g/mol. The number of rotatable bonds is 4. The van der Waals surface area contributed by atoms with Crippen molar-refractivity contribution in [1.29, 1.82) is 0 Å². The summed E-state index contributed by atoms with van der Waals surface area (Å²) in [4.78, 5) is 12.3. The molecule has 0 aliphatic carbocycles. The van der Waals surface area contributed by atoms with Gasteiger partial charge in [0.1, 0.15) is 5.75 Å². The lowest BCUT2D eigenvalue weighted by atomic mass is 10.1. The molecule has 1 unspecified atom stereocenters. The van der Waals surface area contributed by atoms with Crippen LogP contribution in [0, 0.1) is 19.8 Å². The van der Waals surface area contributed by atoms with Crippen LogP contribution in [-0.2, 0) is 11.3 Å². The third-order valence-electron chi connectivity index (χ3n) is 3.40. The van der Waals surface area contributed by atoms with Crippen molar-refractivity contribution in [1.82, 2.24) is 9.78 Å². The third-order valence-corrected chi connectivity index (χ3v) is 4.79. The van der Waals surface area contributed by atoms with Gasteiger partial charge in [0.25, 0.3) is 0 Å². The first kappa shape index (κ1) is 16.8. The van der Waals surface area contributed by atoms with E-state index in [4.69, 9.17) is 11.6 Å². The summed E-state index contributed by atoms with van der Waals surface area (Å²) in [7, 11) is 0. The Kier molecular flexibility index (Phi) is 5.13. The molecule has 1 aromatic carbocycles. The second-order valence-electron chi connectivity index (χ2n) is 5.22. The molecule has 22 heavy (non-hydrogen) atoms. The number of carbonyl (C=O) groups excluding carboxylic acids is 1. The molecule has 118 valence electrons. The molecule has 0 saturated heterocycles. The minimum absolute atomic E-state index is 0.0150. The molecule has 2 rings (SSSR count). The number of benzene rings is 1. The molecule has 7 heteroatoms. The first-order chi connectivity index (χ1) is 10.3. The van der Waals surface area contributed by atoms with Crippen LogP contribution in [0.2, 0.25) is 5.02 Å². The summed E-state index contributed by atoms with van der Waals surface area (Å²) < 4.78 is 2.74. The van der Waals surface area contributed by atoms with E-state index in [2.05, 4.69) is 26.3 Å². The van der Waals surface area contributed by atoms with Crippen LogP contribution in [0.1, 0.15) is 18.3 Å². The van der Waals surface area contributed by atoms with Crippen LogP contribution in [0.4, 0.5) is 5.69 Å². The molecule has 2 N–H and O–H groups in total. The summed E-state index contributed by atoms with van der Waals surface area (Å²) in [6.07, 6.45) is 0. The van der Waals surface area contributed by atoms with Crippen molar-refractivity contribution in [3.8, 4) is 5.75 Å². The number of aromatic nitrogens is 2. The maximum Gasteiger partial charge on any atom is 0.229 e. The highest BCUT2D eigenvalue weighted by molar-refractivity contribution is 9.10. The summed E-state index contributed by atoms with van der Waals surface area (Å²) >= 11 is 9.34. The second-order valence-corrected chi connectivity index (χ2v) is 6.45. The summed E-state index contributed by atoms with van der Waals surface area (Å²) in [5.74, 6) is -0.539. The molecule has 5 nitrogen and oxygen atoms in total. The molecular weight excluding hydrogens is 370 g/mol. The summed E-state index contributed by atoms with van der Waals surface area (Å²) in [5, 5.41) is 17.3. The van der Waals surface area contributed by atoms with Gasteiger partial charge in [0.05, 0.1) is 28.3 Å². The number of aromatic hydroxyl groups is 1. The van der Waals surface area contributed by atoms with Gasteiger partial charge in [0.2, 0.25) is 5.91 Å². The van der Waals surface area contributed by atoms with Crippen LogP contribution in [0.3, 0.4) is 0 Å². The topological polar surface area (TPSA) is 67.2 Å². The van der Waals surface area contributed by atoms with E-state index in [-0.39, 0.29) is 17.6 Å². The Morgan fingerprint density at radius 3 is 2.77 bits per heavy atom. The van der Waals surface area contributed by atoms with Crippen molar-refractivity contribution in [3.05, 3.63) is 39.1 Å². The monoisotopic (exact) mass is 385 g/mol. The zero-order valence-corrected chi connectivity index (χ0v) is 14.9. The van der Waals surface area contributed by atoms with Crippen LogP contribution in [0.15, 0.2) is 22.7 Å². The minimum atomic E-state index is -0.316. The van der Waals surface area contributed by atoms with Crippen LogP contribution in [0.25, 0.3) is 0 Å². The highest BCUT2D eigenvalue weighted by Crippen LogP contribution is 2.27. The Bertz CT molecular complexity index is 715. The zero-order valence-electron chi connectivity index (χ0n) is 12.5. The molecule has 0 fully saturated rings. The molecule has 1 heterocycles. The second kappa shape index (κ2) is 6.71. The number of hydrogen-bond donors (Lipinski definition) is 2. The minimum Gasteiger partial charge on any atom is -0.506 e. The Hall–Kier alpha value is -1.53. The maximum absolute atomic E-state index is 12.3. The maximum atomic E-state index is 12.3. The standard InChI is InChI=1S/C15H17BrClN3O2/c1-8(7-20-10(3)14(16)9(2)19-20)15(22)18-12-6-11(17)4-5-13(12)21/h4-6,8,21H,7H2,1-3H3,(H,18,22). The van der Waals surface area contributed by atoms with E-state index in [1.807, 2.05) is 13.8 Å². The largest absolute Gasteiger partial charge is 0.506 e. The lowest BCUT2D eigenvalue weighted by Crippen LogP contribution is -2.25. The van der Waals surface area contributed by atoms with E-state index in [1.54, 1.807) is 17.7 Å². The van der Waals surface area contributed by atoms with Crippen molar-refractivity contribution in [3.63, 3.8) is 0 Å². The first-order valence-corrected chi connectivity index (χ1v) is 7.95. The van der Waals surface area contributed by atoms with Gasteiger partial charge in [-0.25, -0.2) is 0 Å². The van der Waals surface area contributed by atoms with Crippen LogP contribution in [0.5, 0.6) is 5.75 Å². The number of aryl methyl sites for hydroxylation is 1. The SMILES string of the molecule is Cc1nn(CC(C)C(=O)Nc2cc(Cl)ccc2O)c(C)c1Br. The lowest BCUT2D eigenvalue weighted by molar-refractivity contribution is -0.119.